The van der Waals surface area contributed by atoms with Crippen molar-refractivity contribution in [2.24, 2.45) is 0 Å². The van der Waals surface area contributed by atoms with Gasteiger partial charge in [-0.25, -0.2) is 4.79 Å². The fraction of sp³-hybridized carbons (Fsp3) is 0. The second-order valence-electron chi connectivity index (χ2n) is 3.28. The van der Waals surface area contributed by atoms with Gasteiger partial charge in [-0.2, -0.15) is 0 Å². The number of nitro groups is 1. The molecule has 6 nitrogen and oxygen atoms in total. The minimum Gasteiger partial charge on any atom is -0.475 e. The first kappa shape index (κ1) is 12.2. The Kier molecular flexibility index (Phi) is 3.33. The van der Waals surface area contributed by atoms with Gasteiger partial charge in [0.15, 0.2) is 5.09 Å². The normalized spacial score (nSPS) is 10.2. The van der Waals surface area contributed by atoms with Crippen LogP contribution in [0.3, 0.4) is 0 Å². The van der Waals surface area contributed by atoms with E-state index in [4.69, 9.17) is 9.52 Å². The third-order valence-electron chi connectivity index (χ3n) is 2.04. The van der Waals surface area contributed by atoms with Gasteiger partial charge in [0, 0.05) is 17.0 Å². The largest absolute Gasteiger partial charge is 0.475 e. The fourth-order valence-corrected chi connectivity index (χ4v) is 2.09. The second-order valence-corrected chi connectivity index (χ2v) is 4.36. The van der Waals surface area contributed by atoms with Gasteiger partial charge in [0.05, 0.1) is 4.92 Å². The number of aromatic carboxylic acids is 1. The van der Waals surface area contributed by atoms with Crippen LogP contribution < -0.4 is 0 Å². The molecule has 0 amide bonds. The van der Waals surface area contributed by atoms with Crippen molar-refractivity contribution in [1.29, 1.82) is 0 Å². The summed E-state index contributed by atoms with van der Waals surface area (Å²) >= 11 is 1.12. The van der Waals surface area contributed by atoms with E-state index in [1.807, 2.05) is 0 Å². The lowest BCUT2D eigenvalue weighted by atomic mass is 10.3. The lowest BCUT2D eigenvalue weighted by Gasteiger charge is -1.97. The highest BCUT2D eigenvalue weighted by Gasteiger charge is 2.11. The van der Waals surface area contributed by atoms with E-state index in [2.05, 4.69) is 0 Å². The van der Waals surface area contributed by atoms with Crippen molar-refractivity contribution < 1.29 is 19.2 Å². The fourth-order valence-electron chi connectivity index (χ4n) is 1.27. The number of nitrogens with zero attached hydrogens (tertiary/aromatic N) is 1. The number of nitro benzene ring substituents is 1. The molecule has 2 aromatic rings. The molecule has 0 aliphatic rings. The van der Waals surface area contributed by atoms with E-state index >= 15 is 0 Å². The highest BCUT2D eigenvalue weighted by molar-refractivity contribution is 7.99. The summed E-state index contributed by atoms with van der Waals surface area (Å²) in [5.74, 6) is -1.32. The Labute approximate surface area is 105 Å². The van der Waals surface area contributed by atoms with E-state index in [0.29, 0.717) is 9.99 Å². The Bertz CT molecular complexity index is 607. The van der Waals surface area contributed by atoms with Gasteiger partial charge >= 0.3 is 5.97 Å². The van der Waals surface area contributed by atoms with Gasteiger partial charge in [-0.1, -0.05) is 17.8 Å². The van der Waals surface area contributed by atoms with Crippen molar-refractivity contribution in [2.45, 2.75) is 9.99 Å². The molecule has 2 rings (SSSR count). The number of carboxylic acid groups (broad SMARTS) is 1. The molecule has 0 unspecified atom stereocenters. The summed E-state index contributed by atoms with van der Waals surface area (Å²) in [5.41, 5.74) is -0.0231. The molecule has 1 aromatic carbocycles. The Morgan fingerprint density at radius 3 is 2.72 bits per heavy atom. The summed E-state index contributed by atoms with van der Waals surface area (Å²) in [6.45, 7) is 0. The molecule has 7 heteroatoms. The van der Waals surface area contributed by atoms with Crippen LogP contribution in [0.5, 0.6) is 0 Å². The van der Waals surface area contributed by atoms with Crippen molar-refractivity contribution in [3.05, 3.63) is 52.3 Å². The maximum absolute atomic E-state index is 10.6. The van der Waals surface area contributed by atoms with E-state index in [-0.39, 0.29) is 11.4 Å². The van der Waals surface area contributed by atoms with Gasteiger partial charge in [0.1, 0.15) is 0 Å². The predicted octanol–water partition coefficient (Wildman–Crippen LogP) is 3.04. The van der Waals surface area contributed by atoms with E-state index in [9.17, 15) is 14.9 Å². The second kappa shape index (κ2) is 4.92. The van der Waals surface area contributed by atoms with Gasteiger partial charge in [0.25, 0.3) is 5.69 Å². The number of carboxylic acids is 1. The number of benzene rings is 1. The van der Waals surface area contributed by atoms with Gasteiger partial charge in [-0.3, -0.25) is 10.1 Å². The Hall–Kier alpha value is -2.28. The van der Waals surface area contributed by atoms with Crippen LogP contribution in [0.4, 0.5) is 5.69 Å². The molecule has 0 saturated carbocycles. The molecule has 92 valence electrons. The molecule has 0 fully saturated rings. The van der Waals surface area contributed by atoms with Crippen LogP contribution in [0.2, 0.25) is 0 Å². The van der Waals surface area contributed by atoms with E-state index in [0.717, 1.165) is 11.8 Å². The molecule has 0 saturated heterocycles. The van der Waals surface area contributed by atoms with Crippen LogP contribution in [-0.4, -0.2) is 16.0 Å². The summed E-state index contributed by atoms with van der Waals surface area (Å²) in [6.07, 6.45) is 0. The molecule has 1 heterocycles. The number of carbonyl (C=O) groups is 1. The molecule has 0 aliphatic carbocycles. The van der Waals surface area contributed by atoms with Crippen molar-refractivity contribution in [3.8, 4) is 0 Å². The molecule has 1 N–H and O–H groups in total. The summed E-state index contributed by atoms with van der Waals surface area (Å²) in [7, 11) is 0. The van der Waals surface area contributed by atoms with Crippen LogP contribution in [0, 0.1) is 10.1 Å². The molecule has 0 radical (unpaired) electrons. The lowest BCUT2D eigenvalue weighted by Crippen LogP contribution is -1.91. The number of hydrogen-bond acceptors (Lipinski definition) is 5. The summed E-state index contributed by atoms with van der Waals surface area (Å²) in [5, 5.41) is 19.7. The molecule has 18 heavy (non-hydrogen) atoms. The first-order valence-corrected chi connectivity index (χ1v) is 5.63. The molecule has 0 bridgehead atoms. The third kappa shape index (κ3) is 2.69. The first-order chi connectivity index (χ1) is 8.56. The zero-order valence-electron chi connectivity index (χ0n) is 8.90. The maximum Gasteiger partial charge on any atom is 0.371 e. The summed E-state index contributed by atoms with van der Waals surface area (Å²) in [6, 6.07) is 8.86. The molecule has 0 atom stereocenters. The quantitative estimate of drug-likeness (QED) is 0.674. The van der Waals surface area contributed by atoms with Gasteiger partial charge in [0.2, 0.25) is 5.76 Å². The lowest BCUT2D eigenvalue weighted by molar-refractivity contribution is -0.385. The average molecular weight is 265 g/mol. The van der Waals surface area contributed by atoms with Crippen molar-refractivity contribution in [3.63, 3.8) is 0 Å². The molecule has 1 aromatic heterocycles. The zero-order valence-corrected chi connectivity index (χ0v) is 9.72. The Morgan fingerprint density at radius 1 is 1.33 bits per heavy atom. The number of hydrogen-bond donors (Lipinski definition) is 1. The maximum atomic E-state index is 10.6. The standard InChI is InChI=1S/C11H7NO5S/c13-11(14)9-4-5-10(17-9)18-8-3-1-2-7(6-8)12(15)16/h1-6H,(H,13,14). The van der Waals surface area contributed by atoms with E-state index in [1.165, 1.54) is 24.3 Å². The zero-order chi connectivity index (χ0) is 13.1. The van der Waals surface area contributed by atoms with Crippen LogP contribution >= 0.6 is 11.8 Å². The van der Waals surface area contributed by atoms with Gasteiger partial charge in [-0.15, -0.1) is 0 Å². The minimum atomic E-state index is -1.15. The van der Waals surface area contributed by atoms with Crippen LogP contribution in [0.25, 0.3) is 0 Å². The van der Waals surface area contributed by atoms with Crippen LogP contribution in [0.1, 0.15) is 10.6 Å². The summed E-state index contributed by atoms with van der Waals surface area (Å²) < 4.78 is 5.04. The summed E-state index contributed by atoms with van der Waals surface area (Å²) in [4.78, 5) is 21.3. The van der Waals surface area contributed by atoms with Crippen LogP contribution in [-0.2, 0) is 0 Å². The van der Waals surface area contributed by atoms with E-state index < -0.39 is 10.9 Å². The topological polar surface area (TPSA) is 93.6 Å². The Morgan fingerprint density at radius 2 is 2.11 bits per heavy atom. The molecule has 0 spiro atoms. The van der Waals surface area contributed by atoms with Crippen LogP contribution in [0.15, 0.2) is 50.8 Å². The average Bonchev–Trinajstić information content (AvgIpc) is 2.78. The number of non-ortho nitro benzene ring substituents is 1. The first-order valence-electron chi connectivity index (χ1n) is 4.82. The highest BCUT2D eigenvalue weighted by atomic mass is 32.2. The van der Waals surface area contributed by atoms with Crippen molar-refractivity contribution >= 4 is 23.4 Å². The predicted molar refractivity (Wildman–Crippen MR) is 62.9 cm³/mol. The molecular weight excluding hydrogens is 258 g/mol. The SMILES string of the molecule is O=C(O)c1ccc(Sc2cccc([N+](=O)[O-])c2)o1. The number of rotatable bonds is 4. The number of furan rings is 1. The highest BCUT2D eigenvalue weighted by Crippen LogP contribution is 2.31. The van der Waals surface area contributed by atoms with Crippen molar-refractivity contribution in [2.75, 3.05) is 0 Å². The monoisotopic (exact) mass is 265 g/mol. The smallest absolute Gasteiger partial charge is 0.371 e. The van der Waals surface area contributed by atoms with Crippen molar-refractivity contribution in [1.82, 2.24) is 0 Å². The minimum absolute atomic E-state index is 0.0231. The van der Waals surface area contributed by atoms with E-state index in [1.54, 1.807) is 12.1 Å². The van der Waals surface area contributed by atoms with Gasteiger partial charge < -0.3 is 9.52 Å². The Balaban J connectivity index is 2.20. The third-order valence-corrected chi connectivity index (χ3v) is 2.95. The molecule has 0 aliphatic heterocycles. The molecular formula is C11H7NO5S. The van der Waals surface area contributed by atoms with Gasteiger partial charge in [-0.05, 0) is 18.2 Å².